The Hall–Kier alpha value is -1.39. The zero-order valence-electron chi connectivity index (χ0n) is 12.6. The van der Waals surface area contributed by atoms with Crippen molar-refractivity contribution in [3.05, 3.63) is 34.9 Å². The summed E-state index contributed by atoms with van der Waals surface area (Å²) in [6.45, 7) is 2.62. The van der Waals surface area contributed by atoms with Crippen LogP contribution in [0.3, 0.4) is 0 Å². The van der Waals surface area contributed by atoms with E-state index in [0.29, 0.717) is 18.0 Å². The molecule has 1 aromatic rings. The Balaban J connectivity index is 1.61. The molecule has 2 fully saturated rings. The molecule has 1 saturated carbocycles. The van der Waals surface area contributed by atoms with E-state index in [0.717, 1.165) is 31.6 Å². The Bertz CT molecular complexity index is 581. The lowest BCUT2D eigenvalue weighted by Crippen LogP contribution is -2.26. The van der Waals surface area contributed by atoms with Crippen LogP contribution in [0, 0.1) is 5.92 Å². The quantitative estimate of drug-likeness (QED) is 0.920. The molecule has 2 atom stereocenters. The van der Waals surface area contributed by atoms with Crippen LogP contribution in [0.15, 0.2) is 18.2 Å². The maximum atomic E-state index is 12.5. The van der Waals surface area contributed by atoms with Crippen molar-refractivity contribution in [1.29, 1.82) is 0 Å². The molecule has 2 heterocycles. The number of hydrogen-bond acceptors (Lipinski definition) is 3. The van der Waals surface area contributed by atoms with E-state index in [4.69, 9.17) is 5.73 Å². The normalized spacial score (nSPS) is 29.2. The van der Waals surface area contributed by atoms with Gasteiger partial charge in [0.2, 0.25) is 0 Å². The van der Waals surface area contributed by atoms with E-state index in [2.05, 4.69) is 35.0 Å². The van der Waals surface area contributed by atoms with Gasteiger partial charge in [0.1, 0.15) is 0 Å². The average molecular weight is 285 g/mol. The second kappa shape index (κ2) is 4.82. The number of likely N-dealkylation sites (tertiary alicyclic amines) is 1. The molecule has 4 heteroatoms. The van der Waals surface area contributed by atoms with E-state index in [9.17, 15) is 4.79 Å². The van der Waals surface area contributed by atoms with Gasteiger partial charge in [-0.15, -0.1) is 0 Å². The van der Waals surface area contributed by atoms with Gasteiger partial charge in [0, 0.05) is 30.7 Å². The van der Waals surface area contributed by atoms with E-state index < -0.39 is 0 Å². The van der Waals surface area contributed by atoms with Gasteiger partial charge in [-0.05, 0) is 56.0 Å². The highest BCUT2D eigenvalue weighted by Gasteiger charge is 2.39. The second-order valence-corrected chi connectivity index (χ2v) is 6.87. The van der Waals surface area contributed by atoms with Crippen molar-refractivity contribution in [3.8, 4) is 0 Å². The van der Waals surface area contributed by atoms with E-state index in [-0.39, 0.29) is 5.91 Å². The molecule has 0 radical (unpaired) electrons. The van der Waals surface area contributed by atoms with Gasteiger partial charge in [-0.3, -0.25) is 9.69 Å². The maximum absolute atomic E-state index is 12.5. The highest BCUT2D eigenvalue weighted by atomic mass is 16.2. The monoisotopic (exact) mass is 285 g/mol. The van der Waals surface area contributed by atoms with Gasteiger partial charge in [0.25, 0.3) is 5.91 Å². The summed E-state index contributed by atoms with van der Waals surface area (Å²) >= 11 is 0. The fourth-order valence-corrected chi connectivity index (χ4v) is 3.90. The van der Waals surface area contributed by atoms with Crippen molar-refractivity contribution in [2.75, 3.05) is 20.1 Å². The number of fused-ring (bicyclic) bond motifs is 1. The zero-order valence-corrected chi connectivity index (χ0v) is 12.6. The number of benzene rings is 1. The van der Waals surface area contributed by atoms with Crippen molar-refractivity contribution < 1.29 is 4.79 Å². The highest BCUT2D eigenvalue weighted by molar-refractivity contribution is 5.98. The van der Waals surface area contributed by atoms with Gasteiger partial charge in [-0.25, -0.2) is 0 Å². The molecule has 0 spiro atoms. The topological polar surface area (TPSA) is 49.6 Å². The third kappa shape index (κ3) is 2.17. The van der Waals surface area contributed by atoms with Crippen LogP contribution in [0.25, 0.3) is 0 Å². The summed E-state index contributed by atoms with van der Waals surface area (Å²) in [6.07, 6.45) is 3.46. The molecule has 2 N–H and O–H groups in total. The summed E-state index contributed by atoms with van der Waals surface area (Å²) < 4.78 is 0. The van der Waals surface area contributed by atoms with Crippen molar-refractivity contribution in [2.24, 2.45) is 11.7 Å². The number of carbonyl (C=O) groups excluding carboxylic acids is 1. The lowest BCUT2D eigenvalue weighted by atomic mass is 9.97. The number of hydrogen-bond donors (Lipinski definition) is 1. The molecular formula is C17H23N3O. The first kappa shape index (κ1) is 13.3. The van der Waals surface area contributed by atoms with E-state index in [1.165, 1.54) is 24.0 Å². The molecule has 1 amide bonds. The maximum Gasteiger partial charge on any atom is 0.254 e. The summed E-state index contributed by atoms with van der Waals surface area (Å²) in [5, 5.41) is 0. The van der Waals surface area contributed by atoms with Gasteiger partial charge in [0.05, 0.1) is 0 Å². The lowest BCUT2D eigenvalue weighted by molar-refractivity contribution is 0.0766. The minimum atomic E-state index is 0.241. The Labute approximate surface area is 125 Å². The third-order valence-corrected chi connectivity index (χ3v) is 5.31. The molecule has 3 aliphatic rings. The average Bonchev–Trinajstić information content (AvgIpc) is 3.19. The first-order chi connectivity index (χ1) is 10.2. The van der Waals surface area contributed by atoms with E-state index in [1.54, 1.807) is 0 Å². The largest absolute Gasteiger partial charge is 0.331 e. The van der Waals surface area contributed by atoms with Crippen LogP contribution in [0.1, 0.15) is 46.8 Å². The third-order valence-electron chi connectivity index (χ3n) is 5.31. The molecule has 0 bridgehead atoms. The molecule has 0 aromatic heterocycles. The number of nitrogens with zero attached hydrogens (tertiary/aromatic N) is 2. The first-order valence-corrected chi connectivity index (χ1v) is 8.01. The molecule has 112 valence electrons. The van der Waals surface area contributed by atoms with Crippen LogP contribution < -0.4 is 5.73 Å². The van der Waals surface area contributed by atoms with Crippen molar-refractivity contribution >= 4 is 5.91 Å². The number of amides is 1. The standard InChI is InChI=1S/C17H23N3O/c1-19-9-11(8-18)6-16(19)12-2-3-13-10-20(14-4-5-14)17(21)15(13)7-12/h2-3,7,11,14,16H,4-6,8-10,18H2,1H3. The van der Waals surface area contributed by atoms with Crippen LogP contribution >= 0.6 is 0 Å². The van der Waals surface area contributed by atoms with Gasteiger partial charge in [-0.1, -0.05) is 12.1 Å². The molecule has 21 heavy (non-hydrogen) atoms. The van der Waals surface area contributed by atoms with Crippen LogP contribution in [-0.2, 0) is 6.54 Å². The van der Waals surface area contributed by atoms with Crippen LogP contribution in [0.4, 0.5) is 0 Å². The summed E-state index contributed by atoms with van der Waals surface area (Å²) in [5.74, 6) is 0.817. The molecule has 1 aliphatic carbocycles. The van der Waals surface area contributed by atoms with Crippen molar-refractivity contribution in [2.45, 2.75) is 37.9 Å². The second-order valence-electron chi connectivity index (χ2n) is 6.87. The predicted octanol–water partition coefficient (Wildman–Crippen LogP) is 1.76. The summed E-state index contributed by atoms with van der Waals surface area (Å²) in [7, 11) is 2.16. The Kier molecular flexibility index (Phi) is 3.05. The van der Waals surface area contributed by atoms with Gasteiger partial charge in [-0.2, -0.15) is 0 Å². The van der Waals surface area contributed by atoms with Crippen LogP contribution in [0.2, 0.25) is 0 Å². The SMILES string of the molecule is CN1CC(CN)CC1c1ccc2c(c1)C(=O)N(C1CC1)C2. The summed E-state index contributed by atoms with van der Waals surface area (Å²) in [5.41, 5.74) is 9.23. The summed E-state index contributed by atoms with van der Waals surface area (Å²) in [6, 6.07) is 7.42. The molecule has 1 aromatic carbocycles. The molecule has 4 rings (SSSR count). The van der Waals surface area contributed by atoms with Gasteiger partial charge >= 0.3 is 0 Å². The minimum Gasteiger partial charge on any atom is -0.331 e. The number of rotatable bonds is 3. The molecule has 4 nitrogen and oxygen atoms in total. The van der Waals surface area contributed by atoms with Crippen molar-refractivity contribution in [1.82, 2.24) is 9.80 Å². The predicted molar refractivity (Wildman–Crippen MR) is 81.9 cm³/mol. The lowest BCUT2D eigenvalue weighted by Gasteiger charge is -2.20. The van der Waals surface area contributed by atoms with Crippen molar-refractivity contribution in [3.63, 3.8) is 0 Å². The van der Waals surface area contributed by atoms with Crippen LogP contribution in [0.5, 0.6) is 0 Å². The van der Waals surface area contributed by atoms with Crippen LogP contribution in [-0.4, -0.2) is 41.9 Å². The Morgan fingerprint density at radius 1 is 1.33 bits per heavy atom. The molecule has 2 unspecified atom stereocenters. The first-order valence-electron chi connectivity index (χ1n) is 8.01. The molecule has 1 saturated heterocycles. The van der Waals surface area contributed by atoms with Gasteiger partial charge < -0.3 is 10.6 Å². The fourth-order valence-electron chi connectivity index (χ4n) is 3.90. The molecular weight excluding hydrogens is 262 g/mol. The van der Waals surface area contributed by atoms with E-state index in [1.807, 2.05) is 0 Å². The highest BCUT2D eigenvalue weighted by Crippen LogP contribution is 2.38. The minimum absolute atomic E-state index is 0.241. The zero-order chi connectivity index (χ0) is 14.6. The van der Waals surface area contributed by atoms with Gasteiger partial charge in [0.15, 0.2) is 0 Å². The number of nitrogens with two attached hydrogens (primary N) is 1. The number of carbonyl (C=O) groups is 1. The molecule has 2 aliphatic heterocycles. The fraction of sp³-hybridized carbons (Fsp3) is 0.588. The summed E-state index contributed by atoms with van der Waals surface area (Å²) in [4.78, 5) is 17.0. The Morgan fingerprint density at radius 2 is 2.14 bits per heavy atom. The smallest absolute Gasteiger partial charge is 0.254 e. The van der Waals surface area contributed by atoms with E-state index >= 15 is 0 Å². The Morgan fingerprint density at radius 3 is 2.81 bits per heavy atom.